The summed E-state index contributed by atoms with van der Waals surface area (Å²) in [5, 5.41) is 12.3. The lowest BCUT2D eigenvalue weighted by molar-refractivity contribution is -0.118. The van der Waals surface area contributed by atoms with E-state index >= 15 is 0 Å². The maximum absolute atomic E-state index is 12.4. The predicted octanol–water partition coefficient (Wildman–Crippen LogP) is 5.61. The monoisotopic (exact) mass is 464 g/mol. The summed E-state index contributed by atoms with van der Waals surface area (Å²) in [5.41, 5.74) is 3.91. The summed E-state index contributed by atoms with van der Waals surface area (Å²) in [6, 6.07) is 18.5. The molecule has 0 saturated carbocycles. The summed E-state index contributed by atoms with van der Waals surface area (Å²) < 4.78 is 10.8. The molecule has 0 unspecified atom stereocenters. The first-order valence-corrected chi connectivity index (χ1v) is 11.1. The van der Waals surface area contributed by atoms with Crippen molar-refractivity contribution in [3.63, 3.8) is 0 Å². The second-order valence-corrected chi connectivity index (χ2v) is 8.13. The minimum absolute atomic E-state index is 0.0856. The molecule has 0 radical (unpaired) electrons. The van der Waals surface area contributed by atoms with Gasteiger partial charge in [0.25, 0.3) is 5.91 Å². The highest BCUT2D eigenvalue weighted by Crippen LogP contribution is 2.27. The minimum atomic E-state index is -0.255. The van der Waals surface area contributed by atoms with Gasteiger partial charge in [0.2, 0.25) is 0 Å². The Balaban J connectivity index is 1.40. The third kappa shape index (κ3) is 5.26. The van der Waals surface area contributed by atoms with E-state index < -0.39 is 0 Å². The first-order chi connectivity index (χ1) is 16.0. The molecular weight excluding hydrogens is 440 g/mol. The smallest absolute Gasteiger partial charge is 0.262 e. The fourth-order valence-electron chi connectivity index (χ4n) is 3.36. The molecular formula is C25H25ClN4O3. The first-order valence-electron chi connectivity index (χ1n) is 10.7. The van der Waals surface area contributed by atoms with Crippen LogP contribution in [-0.2, 0) is 4.79 Å². The Morgan fingerprint density at radius 3 is 2.52 bits per heavy atom. The van der Waals surface area contributed by atoms with Gasteiger partial charge in [-0.15, -0.1) is 10.2 Å². The number of carbonyl (C=O) groups excluding carboxylic acids is 1. The number of amides is 1. The van der Waals surface area contributed by atoms with Crippen LogP contribution in [0.5, 0.6) is 11.5 Å². The zero-order valence-electron chi connectivity index (χ0n) is 18.7. The molecule has 1 heterocycles. The number of fused-ring (bicyclic) bond motifs is 1. The van der Waals surface area contributed by atoms with Crippen molar-refractivity contribution in [3.8, 4) is 17.2 Å². The van der Waals surface area contributed by atoms with Crippen LogP contribution in [0.2, 0.25) is 5.02 Å². The van der Waals surface area contributed by atoms with E-state index in [1.165, 1.54) is 10.4 Å². The molecule has 0 aliphatic heterocycles. The lowest BCUT2D eigenvalue weighted by Gasteiger charge is -2.11. The average Bonchev–Trinajstić information content (AvgIpc) is 3.26. The maximum Gasteiger partial charge on any atom is 0.262 e. The van der Waals surface area contributed by atoms with Crippen LogP contribution >= 0.6 is 11.6 Å². The molecule has 3 aromatic carbocycles. The van der Waals surface area contributed by atoms with E-state index in [-0.39, 0.29) is 12.5 Å². The molecule has 4 aromatic rings. The highest BCUT2D eigenvalue weighted by Gasteiger charge is 2.10. The summed E-state index contributed by atoms with van der Waals surface area (Å²) in [6.07, 6.45) is 1.08. The van der Waals surface area contributed by atoms with E-state index in [9.17, 15) is 4.79 Å². The second-order valence-electron chi connectivity index (χ2n) is 7.73. The molecule has 8 heteroatoms. The van der Waals surface area contributed by atoms with Gasteiger partial charge in [-0.2, -0.15) is 4.80 Å². The molecule has 4 rings (SSSR count). The number of halogens is 1. The molecule has 170 valence electrons. The molecule has 1 aromatic heterocycles. The number of methoxy groups -OCH3 is 1. The van der Waals surface area contributed by atoms with Crippen LogP contribution in [0.3, 0.4) is 0 Å². The second kappa shape index (κ2) is 9.92. The summed E-state index contributed by atoms with van der Waals surface area (Å²) in [5.74, 6) is 1.48. The van der Waals surface area contributed by atoms with Crippen LogP contribution in [-0.4, -0.2) is 34.6 Å². The van der Waals surface area contributed by atoms with Gasteiger partial charge in [-0.3, -0.25) is 4.79 Å². The lowest BCUT2D eigenvalue weighted by Crippen LogP contribution is -2.20. The molecule has 1 N–H and O–H groups in total. The zero-order chi connectivity index (χ0) is 23.4. The zero-order valence-corrected chi connectivity index (χ0v) is 19.5. The number of anilines is 1. The highest BCUT2D eigenvalue weighted by molar-refractivity contribution is 6.32. The Kier molecular flexibility index (Phi) is 6.79. The van der Waals surface area contributed by atoms with E-state index in [1.54, 1.807) is 37.4 Å². The number of benzene rings is 3. The van der Waals surface area contributed by atoms with Gasteiger partial charge in [0.05, 0.1) is 17.8 Å². The van der Waals surface area contributed by atoms with Crippen molar-refractivity contribution in [2.75, 3.05) is 19.0 Å². The third-order valence-electron chi connectivity index (χ3n) is 5.46. The van der Waals surface area contributed by atoms with Crippen molar-refractivity contribution < 1.29 is 14.3 Å². The average molecular weight is 465 g/mol. The van der Waals surface area contributed by atoms with Crippen molar-refractivity contribution in [2.45, 2.75) is 26.2 Å². The molecule has 1 atom stereocenters. The maximum atomic E-state index is 12.4. The molecule has 0 spiro atoms. The fourth-order valence-corrected chi connectivity index (χ4v) is 3.61. The molecule has 0 aliphatic carbocycles. The Labute approximate surface area is 197 Å². The topological polar surface area (TPSA) is 78.3 Å². The number of hydrogen-bond acceptors (Lipinski definition) is 5. The molecule has 7 nitrogen and oxygen atoms in total. The Hall–Kier alpha value is -3.58. The standard InChI is InChI=1S/C25H25ClN4O3/c1-4-16(2)17-5-9-20(10-6-17)33-15-25(31)27-18-7-11-22-23(13-18)29-30(28-22)19-8-12-24(32-3)21(26)14-19/h5-14,16H,4,15H2,1-3H3,(H,27,31)/t16-/m0/s1. The number of carbonyl (C=O) groups is 1. The van der Waals surface area contributed by atoms with Gasteiger partial charge in [0.15, 0.2) is 6.61 Å². The lowest BCUT2D eigenvalue weighted by atomic mass is 9.99. The number of nitrogens with one attached hydrogen (secondary N) is 1. The Morgan fingerprint density at radius 1 is 1.06 bits per heavy atom. The SMILES string of the molecule is CC[C@H](C)c1ccc(OCC(=O)Nc2ccc3nn(-c4ccc(OC)c(Cl)c4)nc3c2)cc1. The number of ether oxygens (including phenoxy) is 2. The van der Waals surface area contributed by atoms with Gasteiger partial charge >= 0.3 is 0 Å². The van der Waals surface area contributed by atoms with E-state index in [1.807, 2.05) is 30.3 Å². The summed E-state index contributed by atoms with van der Waals surface area (Å²) >= 11 is 6.21. The van der Waals surface area contributed by atoms with E-state index in [4.69, 9.17) is 21.1 Å². The van der Waals surface area contributed by atoms with E-state index in [0.29, 0.717) is 44.8 Å². The molecule has 0 bridgehead atoms. The quantitative estimate of drug-likeness (QED) is 0.366. The van der Waals surface area contributed by atoms with Crippen molar-refractivity contribution in [1.29, 1.82) is 0 Å². The van der Waals surface area contributed by atoms with Crippen LogP contribution in [0.1, 0.15) is 31.7 Å². The Morgan fingerprint density at radius 2 is 1.82 bits per heavy atom. The molecule has 0 fully saturated rings. The van der Waals surface area contributed by atoms with Crippen LogP contribution < -0.4 is 14.8 Å². The van der Waals surface area contributed by atoms with E-state index in [0.717, 1.165) is 6.42 Å². The van der Waals surface area contributed by atoms with Gasteiger partial charge in [-0.1, -0.05) is 37.6 Å². The van der Waals surface area contributed by atoms with Crippen molar-refractivity contribution in [2.24, 2.45) is 0 Å². The van der Waals surface area contributed by atoms with Crippen LogP contribution in [0.15, 0.2) is 60.7 Å². The number of hydrogen-bond donors (Lipinski definition) is 1. The van der Waals surface area contributed by atoms with Gasteiger partial charge in [0.1, 0.15) is 22.5 Å². The third-order valence-corrected chi connectivity index (χ3v) is 5.76. The minimum Gasteiger partial charge on any atom is -0.495 e. The Bertz CT molecular complexity index is 1270. The van der Waals surface area contributed by atoms with Gasteiger partial charge in [0, 0.05) is 5.69 Å². The molecule has 1 amide bonds. The normalized spacial score (nSPS) is 11.9. The van der Waals surface area contributed by atoms with Crippen molar-refractivity contribution in [1.82, 2.24) is 15.0 Å². The molecule has 33 heavy (non-hydrogen) atoms. The number of nitrogens with zero attached hydrogens (tertiary/aromatic N) is 3. The van der Waals surface area contributed by atoms with Gasteiger partial charge in [-0.05, 0) is 66.4 Å². The first kappa shape index (κ1) is 22.6. The van der Waals surface area contributed by atoms with Crippen LogP contribution in [0.4, 0.5) is 5.69 Å². The van der Waals surface area contributed by atoms with Crippen LogP contribution in [0.25, 0.3) is 16.7 Å². The van der Waals surface area contributed by atoms with Crippen molar-refractivity contribution in [3.05, 3.63) is 71.2 Å². The van der Waals surface area contributed by atoms with Gasteiger partial charge < -0.3 is 14.8 Å². The molecule has 0 saturated heterocycles. The largest absolute Gasteiger partial charge is 0.495 e. The van der Waals surface area contributed by atoms with Gasteiger partial charge in [-0.25, -0.2) is 0 Å². The predicted molar refractivity (Wildman–Crippen MR) is 130 cm³/mol. The summed E-state index contributed by atoms with van der Waals surface area (Å²) in [7, 11) is 1.56. The van der Waals surface area contributed by atoms with E-state index in [2.05, 4.69) is 29.4 Å². The number of rotatable bonds is 8. The highest BCUT2D eigenvalue weighted by atomic mass is 35.5. The number of aromatic nitrogens is 3. The fraction of sp³-hybridized carbons (Fsp3) is 0.240. The van der Waals surface area contributed by atoms with Crippen LogP contribution in [0, 0.1) is 0 Å². The van der Waals surface area contributed by atoms with Crippen molar-refractivity contribution >= 4 is 34.2 Å². The summed E-state index contributed by atoms with van der Waals surface area (Å²) in [6.45, 7) is 4.26. The summed E-state index contributed by atoms with van der Waals surface area (Å²) in [4.78, 5) is 13.9. The molecule has 0 aliphatic rings.